The topological polar surface area (TPSA) is 23.8 Å². The van der Waals surface area contributed by atoms with Gasteiger partial charge in [0, 0.05) is 0 Å². The number of nitrogens with zero attached hydrogens (tertiary/aromatic N) is 1. The van der Waals surface area contributed by atoms with Crippen molar-refractivity contribution in [2.24, 2.45) is 0 Å². The van der Waals surface area contributed by atoms with Crippen molar-refractivity contribution in [2.75, 3.05) is 0 Å². The first-order valence-electron chi connectivity index (χ1n) is 8.78. The Morgan fingerprint density at radius 3 is 1.69 bits per heavy atom. The molecule has 0 aliphatic carbocycles. The molecule has 0 unspecified atom stereocenters. The normalized spacial score (nSPS) is 11.4. The van der Waals surface area contributed by atoms with Gasteiger partial charge in [0.25, 0.3) is 0 Å². The molecule has 0 saturated heterocycles. The zero-order valence-corrected chi connectivity index (χ0v) is 14.9. The lowest BCUT2D eigenvalue weighted by molar-refractivity contribution is 1.24. The van der Waals surface area contributed by atoms with E-state index in [9.17, 15) is 0 Å². The highest BCUT2D eigenvalue weighted by molar-refractivity contribution is 5.98. The van der Waals surface area contributed by atoms with Gasteiger partial charge in [-0.3, -0.25) is 0 Å². The van der Waals surface area contributed by atoms with Crippen LogP contribution in [-0.4, -0.2) is 0 Å². The van der Waals surface area contributed by atoms with Crippen LogP contribution in [0.5, 0.6) is 0 Å². The molecule has 0 fully saturated rings. The third kappa shape index (κ3) is 3.66. The van der Waals surface area contributed by atoms with E-state index in [2.05, 4.69) is 80.2 Å². The van der Waals surface area contributed by atoms with Crippen molar-refractivity contribution >= 4 is 16.7 Å². The minimum absolute atomic E-state index is 0.487. The molecule has 0 aliphatic heterocycles. The molecule has 0 heterocycles. The SMILES string of the molecule is C=C(C#N)c1ccc(/C(=C(/CC)c2ccccc2)c2ccccc2)cc1. The van der Waals surface area contributed by atoms with E-state index in [4.69, 9.17) is 5.26 Å². The van der Waals surface area contributed by atoms with Crippen LogP contribution in [0.15, 0.2) is 91.5 Å². The molecule has 1 heteroatoms. The molecule has 0 spiro atoms. The van der Waals surface area contributed by atoms with E-state index >= 15 is 0 Å². The second kappa shape index (κ2) is 8.14. The van der Waals surface area contributed by atoms with Gasteiger partial charge in [0.1, 0.15) is 0 Å². The molecule has 0 saturated carbocycles. The van der Waals surface area contributed by atoms with Crippen LogP contribution in [0.2, 0.25) is 0 Å². The molecule has 126 valence electrons. The van der Waals surface area contributed by atoms with Gasteiger partial charge >= 0.3 is 0 Å². The van der Waals surface area contributed by atoms with Gasteiger partial charge in [-0.2, -0.15) is 5.26 Å². The van der Waals surface area contributed by atoms with E-state index in [1.807, 2.05) is 24.3 Å². The summed E-state index contributed by atoms with van der Waals surface area (Å²) in [4.78, 5) is 0. The van der Waals surface area contributed by atoms with Crippen molar-refractivity contribution in [1.82, 2.24) is 0 Å². The number of hydrogen-bond donors (Lipinski definition) is 0. The summed E-state index contributed by atoms with van der Waals surface area (Å²) >= 11 is 0. The Labute approximate surface area is 155 Å². The molecule has 0 amide bonds. The van der Waals surface area contributed by atoms with Gasteiger partial charge in [-0.1, -0.05) is 98.4 Å². The third-order valence-corrected chi connectivity index (χ3v) is 4.50. The van der Waals surface area contributed by atoms with Crippen LogP contribution in [0.1, 0.15) is 35.6 Å². The minimum Gasteiger partial charge on any atom is -0.192 e. The number of rotatable bonds is 5. The molecular formula is C25H21N. The van der Waals surface area contributed by atoms with E-state index < -0.39 is 0 Å². The first-order chi connectivity index (χ1) is 12.7. The summed E-state index contributed by atoms with van der Waals surface area (Å²) in [7, 11) is 0. The number of hydrogen-bond acceptors (Lipinski definition) is 1. The Morgan fingerprint density at radius 2 is 1.19 bits per heavy atom. The maximum atomic E-state index is 9.06. The standard InChI is InChI=1S/C25H21N/c1-3-24(21-10-6-4-7-11-21)25(22-12-8-5-9-13-22)23-16-14-20(15-17-23)19(2)18-26/h4-17H,2-3H2,1H3/b25-24-. The Kier molecular flexibility index (Phi) is 5.46. The molecule has 0 aliphatic rings. The van der Waals surface area contributed by atoms with Gasteiger partial charge in [-0.25, -0.2) is 0 Å². The molecule has 3 aromatic carbocycles. The monoisotopic (exact) mass is 335 g/mol. The van der Waals surface area contributed by atoms with E-state index in [1.54, 1.807) is 0 Å². The summed E-state index contributed by atoms with van der Waals surface area (Å²) in [5.41, 5.74) is 7.46. The maximum absolute atomic E-state index is 9.06. The molecule has 0 atom stereocenters. The van der Waals surface area contributed by atoms with E-state index in [0.29, 0.717) is 5.57 Å². The third-order valence-electron chi connectivity index (χ3n) is 4.50. The lowest BCUT2D eigenvalue weighted by Crippen LogP contribution is -1.95. The van der Waals surface area contributed by atoms with Crippen LogP contribution < -0.4 is 0 Å². The summed E-state index contributed by atoms with van der Waals surface area (Å²) in [6.45, 7) is 5.99. The van der Waals surface area contributed by atoms with Gasteiger partial charge in [-0.15, -0.1) is 0 Å². The van der Waals surface area contributed by atoms with Crippen LogP contribution >= 0.6 is 0 Å². The van der Waals surface area contributed by atoms with E-state index in [-0.39, 0.29) is 0 Å². The summed E-state index contributed by atoms with van der Waals surface area (Å²) in [5, 5.41) is 9.06. The summed E-state index contributed by atoms with van der Waals surface area (Å²) in [5.74, 6) is 0. The highest BCUT2D eigenvalue weighted by Crippen LogP contribution is 2.34. The quantitative estimate of drug-likeness (QED) is 0.381. The van der Waals surface area contributed by atoms with Gasteiger partial charge in [0.2, 0.25) is 0 Å². The van der Waals surface area contributed by atoms with E-state index in [1.165, 1.54) is 22.3 Å². The van der Waals surface area contributed by atoms with Gasteiger partial charge < -0.3 is 0 Å². The predicted octanol–water partition coefficient (Wildman–Crippen LogP) is 6.59. The average Bonchev–Trinajstić information content (AvgIpc) is 2.73. The zero-order valence-electron chi connectivity index (χ0n) is 14.9. The van der Waals surface area contributed by atoms with Crippen LogP contribution in [-0.2, 0) is 0 Å². The van der Waals surface area contributed by atoms with E-state index in [0.717, 1.165) is 17.5 Å². The van der Waals surface area contributed by atoms with Crippen molar-refractivity contribution in [3.8, 4) is 6.07 Å². The lowest BCUT2D eigenvalue weighted by Gasteiger charge is -2.16. The summed E-state index contributed by atoms with van der Waals surface area (Å²) in [6, 6.07) is 31.2. The molecule has 3 aromatic rings. The fourth-order valence-corrected chi connectivity index (χ4v) is 3.19. The Bertz CT molecular complexity index is 956. The molecule has 0 bridgehead atoms. The number of nitriles is 1. The minimum atomic E-state index is 0.487. The molecule has 0 N–H and O–H groups in total. The highest BCUT2D eigenvalue weighted by Gasteiger charge is 2.13. The zero-order chi connectivity index (χ0) is 18.4. The van der Waals surface area contributed by atoms with Crippen molar-refractivity contribution in [2.45, 2.75) is 13.3 Å². The summed E-state index contributed by atoms with van der Waals surface area (Å²) < 4.78 is 0. The Morgan fingerprint density at radius 1 is 0.731 bits per heavy atom. The summed E-state index contributed by atoms with van der Waals surface area (Å²) in [6.07, 6.45) is 0.931. The predicted molar refractivity (Wildman–Crippen MR) is 110 cm³/mol. The van der Waals surface area contributed by atoms with Crippen LogP contribution in [0, 0.1) is 11.3 Å². The smallest absolute Gasteiger partial charge is 0.0991 e. The average molecular weight is 335 g/mol. The van der Waals surface area contributed by atoms with Gasteiger partial charge in [0.05, 0.1) is 11.6 Å². The fraction of sp³-hybridized carbons (Fsp3) is 0.0800. The second-order valence-electron chi connectivity index (χ2n) is 6.11. The van der Waals surface area contributed by atoms with Crippen molar-refractivity contribution < 1.29 is 0 Å². The van der Waals surface area contributed by atoms with Gasteiger partial charge in [0.15, 0.2) is 0 Å². The number of allylic oxidation sites excluding steroid dienone is 2. The van der Waals surface area contributed by atoms with Crippen molar-refractivity contribution in [3.05, 3.63) is 114 Å². The van der Waals surface area contributed by atoms with Crippen LogP contribution in [0.3, 0.4) is 0 Å². The molecule has 0 aromatic heterocycles. The van der Waals surface area contributed by atoms with Crippen molar-refractivity contribution in [3.63, 3.8) is 0 Å². The molecule has 1 nitrogen and oxygen atoms in total. The lowest BCUT2D eigenvalue weighted by atomic mass is 9.87. The first-order valence-corrected chi connectivity index (χ1v) is 8.78. The first kappa shape index (κ1) is 17.5. The Hall–Kier alpha value is -3.37. The maximum Gasteiger partial charge on any atom is 0.0991 e. The largest absolute Gasteiger partial charge is 0.192 e. The number of benzene rings is 3. The molecular weight excluding hydrogens is 314 g/mol. The molecule has 26 heavy (non-hydrogen) atoms. The van der Waals surface area contributed by atoms with Crippen LogP contribution in [0.25, 0.3) is 16.7 Å². The highest BCUT2D eigenvalue weighted by atomic mass is 14.2. The Balaban J connectivity index is 2.21. The molecule has 3 rings (SSSR count). The van der Waals surface area contributed by atoms with Crippen LogP contribution in [0.4, 0.5) is 0 Å². The second-order valence-corrected chi connectivity index (χ2v) is 6.11. The fourth-order valence-electron chi connectivity index (χ4n) is 3.19. The van der Waals surface area contributed by atoms with Crippen molar-refractivity contribution in [1.29, 1.82) is 5.26 Å². The molecule has 0 radical (unpaired) electrons. The van der Waals surface area contributed by atoms with Gasteiger partial charge in [-0.05, 0) is 39.8 Å².